The molecule has 3 aromatic rings. The lowest BCUT2D eigenvalue weighted by Gasteiger charge is -2.35. The lowest BCUT2D eigenvalue weighted by atomic mass is 9.99. The molecule has 1 fully saturated rings. The Morgan fingerprint density at radius 1 is 1.22 bits per heavy atom. The third kappa shape index (κ3) is 7.17. The number of piperidine rings is 1. The molecule has 2 heterocycles. The Morgan fingerprint density at radius 2 is 2.00 bits per heavy atom. The molecule has 36 heavy (non-hydrogen) atoms. The summed E-state index contributed by atoms with van der Waals surface area (Å²) in [6.07, 6.45) is 2.76. The van der Waals surface area contributed by atoms with E-state index in [9.17, 15) is 14.2 Å². The van der Waals surface area contributed by atoms with E-state index in [2.05, 4.69) is 40.6 Å². The number of aryl methyl sites for hydroxylation is 1. The normalized spacial score (nSPS) is 17.2. The van der Waals surface area contributed by atoms with Crippen molar-refractivity contribution in [1.29, 1.82) is 0 Å². The van der Waals surface area contributed by atoms with Gasteiger partial charge in [-0.1, -0.05) is 42.5 Å². The van der Waals surface area contributed by atoms with Crippen LogP contribution >= 0.6 is 30.7 Å². The van der Waals surface area contributed by atoms with E-state index in [1.807, 2.05) is 24.4 Å². The van der Waals surface area contributed by atoms with Crippen LogP contribution in [0.5, 0.6) is 0 Å². The Kier molecular flexibility index (Phi) is 8.85. The van der Waals surface area contributed by atoms with Gasteiger partial charge in [-0.05, 0) is 48.9 Å². The molecule has 1 saturated heterocycles. The van der Waals surface area contributed by atoms with Crippen molar-refractivity contribution in [2.24, 2.45) is 0 Å². The number of likely N-dealkylation sites (tertiary alicyclic amines) is 1. The highest BCUT2D eigenvalue weighted by atomic mass is 32.2. The molecule has 192 valence electrons. The Bertz CT molecular complexity index is 1280. The van der Waals surface area contributed by atoms with Crippen LogP contribution in [0.1, 0.15) is 41.6 Å². The number of hydrogen-bond acceptors (Lipinski definition) is 6. The molecule has 1 aliphatic heterocycles. The van der Waals surface area contributed by atoms with Crippen LogP contribution in [-0.4, -0.2) is 55.3 Å². The zero-order chi connectivity index (χ0) is 25.7. The molecule has 0 saturated carbocycles. The first-order valence-electron chi connectivity index (χ1n) is 11.8. The van der Waals surface area contributed by atoms with Gasteiger partial charge in [-0.3, -0.25) is 14.2 Å². The number of amides is 2. The molecule has 0 spiro atoms. The highest BCUT2D eigenvalue weighted by molar-refractivity contribution is 8.04. The van der Waals surface area contributed by atoms with Gasteiger partial charge in [0, 0.05) is 17.6 Å². The maximum atomic E-state index is 13.5. The van der Waals surface area contributed by atoms with Gasteiger partial charge < -0.3 is 20.0 Å². The van der Waals surface area contributed by atoms with Crippen LogP contribution in [0, 0.1) is 6.92 Å². The van der Waals surface area contributed by atoms with Gasteiger partial charge in [0.25, 0.3) is 0 Å². The first-order valence-corrected chi connectivity index (χ1v) is 15.6. The Labute approximate surface area is 218 Å². The molecular formula is C25H30N3O5PS2. The average molecular weight is 548 g/mol. The van der Waals surface area contributed by atoms with E-state index < -0.39 is 19.1 Å². The fraction of sp³-hybridized carbons (Fsp3) is 0.400. The molecule has 2 amide bonds. The van der Waals surface area contributed by atoms with Crippen molar-refractivity contribution < 1.29 is 23.9 Å². The molecule has 0 aliphatic carbocycles. The van der Waals surface area contributed by atoms with Crippen LogP contribution in [0.15, 0.2) is 47.8 Å². The molecule has 8 nitrogen and oxygen atoms in total. The fourth-order valence-electron chi connectivity index (χ4n) is 4.44. The van der Waals surface area contributed by atoms with E-state index in [4.69, 9.17) is 9.79 Å². The van der Waals surface area contributed by atoms with Crippen LogP contribution in [0.25, 0.3) is 10.8 Å². The molecule has 4 rings (SSSR count). The van der Waals surface area contributed by atoms with E-state index >= 15 is 0 Å². The number of nitrogens with zero attached hydrogens (tertiary/aromatic N) is 2. The van der Waals surface area contributed by atoms with Crippen molar-refractivity contribution in [3.05, 3.63) is 64.1 Å². The number of fused-ring (bicyclic) bond motifs is 1. The number of nitrogens with one attached hydrogen (secondary N) is 1. The number of carbonyl (C=O) groups is 2. The minimum atomic E-state index is -4.19. The Balaban J connectivity index is 1.49. The van der Waals surface area contributed by atoms with Crippen molar-refractivity contribution in [3.8, 4) is 0 Å². The maximum Gasteiger partial charge on any atom is 0.335 e. The van der Waals surface area contributed by atoms with Crippen LogP contribution in [0.2, 0.25) is 0 Å². The number of thiazole rings is 1. The number of thioether (sulfide) groups is 1. The molecule has 1 aromatic heterocycles. The molecule has 0 radical (unpaired) electrons. The van der Waals surface area contributed by atoms with Crippen LogP contribution in [-0.2, 0) is 20.6 Å². The fourth-order valence-corrected chi connectivity index (χ4v) is 6.94. The maximum absolute atomic E-state index is 13.5. The minimum absolute atomic E-state index is 0.0684. The molecule has 1 aliphatic rings. The van der Waals surface area contributed by atoms with E-state index in [0.29, 0.717) is 19.4 Å². The van der Waals surface area contributed by atoms with E-state index in [-0.39, 0.29) is 23.6 Å². The SMILES string of the molecule is Cc1csc(C(Cc2ccc3ccccc3c2)NC(=O)C2CCCCN2C(=O)CSCP(=O)(O)O)n1. The molecule has 2 aromatic carbocycles. The smallest absolute Gasteiger partial charge is 0.335 e. The van der Waals surface area contributed by atoms with E-state index in [1.165, 1.54) is 11.3 Å². The monoisotopic (exact) mass is 547 g/mol. The van der Waals surface area contributed by atoms with Crippen molar-refractivity contribution in [2.75, 3.05) is 17.8 Å². The number of benzene rings is 2. The van der Waals surface area contributed by atoms with Crippen molar-refractivity contribution in [2.45, 2.75) is 44.7 Å². The largest absolute Gasteiger partial charge is 0.345 e. The van der Waals surface area contributed by atoms with Crippen molar-refractivity contribution in [3.63, 3.8) is 0 Å². The zero-order valence-electron chi connectivity index (χ0n) is 20.0. The average Bonchev–Trinajstić information content (AvgIpc) is 3.29. The van der Waals surface area contributed by atoms with Crippen LogP contribution in [0.3, 0.4) is 0 Å². The number of carbonyl (C=O) groups excluding carboxylic acids is 2. The first kappa shape index (κ1) is 26.8. The zero-order valence-corrected chi connectivity index (χ0v) is 22.5. The molecule has 11 heteroatoms. The third-order valence-corrected chi connectivity index (χ3v) is 9.72. The topological polar surface area (TPSA) is 120 Å². The summed E-state index contributed by atoms with van der Waals surface area (Å²) in [6.45, 7) is 2.38. The predicted molar refractivity (Wildman–Crippen MR) is 144 cm³/mol. The summed E-state index contributed by atoms with van der Waals surface area (Å²) in [7, 11) is -4.19. The van der Waals surface area contributed by atoms with Gasteiger partial charge in [0.15, 0.2) is 0 Å². The molecule has 2 atom stereocenters. The lowest BCUT2D eigenvalue weighted by Crippen LogP contribution is -2.53. The van der Waals surface area contributed by atoms with Gasteiger partial charge in [-0.2, -0.15) is 0 Å². The Morgan fingerprint density at radius 3 is 2.72 bits per heavy atom. The van der Waals surface area contributed by atoms with Gasteiger partial charge in [0.2, 0.25) is 11.8 Å². The summed E-state index contributed by atoms with van der Waals surface area (Å²) >= 11 is 2.40. The summed E-state index contributed by atoms with van der Waals surface area (Å²) in [5, 5.41) is 8.23. The number of hydrogen-bond donors (Lipinski definition) is 3. The summed E-state index contributed by atoms with van der Waals surface area (Å²) in [5.41, 5.74) is 1.56. The Hall–Kier alpha value is -2.23. The second-order valence-corrected chi connectivity index (χ2v) is 13.0. The van der Waals surface area contributed by atoms with Gasteiger partial charge in [0.05, 0.1) is 17.3 Å². The van der Waals surface area contributed by atoms with Crippen molar-refractivity contribution in [1.82, 2.24) is 15.2 Å². The van der Waals surface area contributed by atoms with Crippen LogP contribution < -0.4 is 5.32 Å². The van der Waals surface area contributed by atoms with Gasteiger partial charge in [0.1, 0.15) is 11.0 Å². The van der Waals surface area contributed by atoms with Gasteiger partial charge in [-0.25, -0.2) is 4.98 Å². The summed E-state index contributed by atoms with van der Waals surface area (Å²) in [6, 6.07) is 13.5. The molecule has 3 N–H and O–H groups in total. The van der Waals surface area contributed by atoms with Gasteiger partial charge >= 0.3 is 7.60 Å². The second-order valence-electron chi connectivity index (χ2n) is 9.01. The van der Waals surface area contributed by atoms with Crippen molar-refractivity contribution >= 4 is 53.3 Å². The number of aromatic nitrogens is 1. The molecular weight excluding hydrogens is 517 g/mol. The predicted octanol–water partition coefficient (Wildman–Crippen LogP) is 4.25. The van der Waals surface area contributed by atoms with Crippen LogP contribution in [0.4, 0.5) is 0 Å². The minimum Gasteiger partial charge on any atom is -0.345 e. The summed E-state index contributed by atoms with van der Waals surface area (Å²) in [5.74, 6) is -0.563. The third-order valence-electron chi connectivity index (χ3n) is 6.12. The number of rotatable bonds is 9. The van der Waals surface area contributed by atoms with E-state index in [1.54, 1.807) is 4.90 Å². The summed E-state index contributed by atoms with van der Waals surface area (Å²) in [4.78, 5) is 50.6. The van der Waals surface area contributed by atoms with Gasteiger partial charge in [-0.15, -0.1) is 23.1 Å². The molecule has 2 unspecified atom stereocenters. The lowest BCUT2D eigenvalue weighted by molar-refractivity contribution is -0.140. The first-order chi connectivity index (χ1) is 17.2. The standard InChI is InChI=1S/C25H30N3O5PS2/c1-17-14-36-25(26-17)21(13-18-9-10-19-6-2-3-7-20(19)12-18)27-24(30)22-8-4-5-11-28(22)23(29)15-35-16-34(31,32)33/h2-3,6-7,9-10,12,14,21-22H,4-5,8,11,13,15-16H2,1H3,(H,27,30)(H2,31,32,33). The molecule has 0 bridgehead atoms. The highest BCUT2D eigenvalue weighted by Crippen LogP contribution is 2.38. The highest BCUT2D eigenvalue weighted by Gasteiger charge is 2.34. The van der Waals surface area contributed by atoms with E-state index in [0.717, 1.165) is 51.6 Å². The summed E-state index contributed by atoms with van der Waals surface area (Å²) < 4.78 is 11.1. The second kappa shape index (κ2) is 11.9. The quantitative estimate of drug-likeness (QED) is 0.343.